The minimum Gasteiger partial charge on any atom is -0.462 e. The van der Waals surface area contributed by atoms with Gasteiger partial charge in [-0.25, -0.2) is 14.5 Å². The van der Waals surface area contributed by atoms with E-state index < -0.39 is 25.9 Å². The van der Waals surface area contributed by atoms with Gasteiger partial charge in [-0.3, -0.25) is 9.32 Å². The van der Waals surface area contributed by atoms with Crippen LogP contribution in [0.3, 0.4) is 0 Å². The second kappa shape index (κ2) is 13.0. The van der Waals surface area contributed by atoms with Crippen molar-refractivity contribution in [3.63, 3.8) is 0 Å². The molecule has 12 heteroatoms. The number of hydrogen-bond donors (Lipinski definition) is 2. The summed E-state index contributed by atoms with van der Waals surface area (Å²) < 4.78 is 39.2. The Morgan fingerprint density at radius 3 is 2.49 bits per heavy atom. The van der Waals surface area contributed by atoms with Crippen molar-refractivity contribution in [3.8, 4) is 5.75 Å². The zero-order valence-corrected chi connectivity index (χ0v) is 25.2. The number of nitrogens with zero attached hydrogens (tertiary/aromatic N) is 3. The van der Waals surface area contributed by atoms with Crippen LogP contribution >= 0.6 is 7.75 Å². The summed E-state index contributed by atoms with van der Waals surface area (Å²) in [7, 11) is -4.10. The summed E-state index contributed by atoms with van der Waals surface area (Å²) in [6, 6.07) is 13.8. The second-order valence-corrected chi connectivity index (χ2v) is 11.7. The Morgan fingerprint density at radius 2 is 1.78 bits per heavy atom. The Hall–Kier alpha value is -3.50. The molecular formula is C29H38N5O6P. The van der Waals surface area contributed by atoms with Crippen molar-refractivity contribution < 1.29 is 27.9 Å². The number of pyridine rings is 1. The largest absolute Gasteiger partial charge is 0.462 e. The van der Waals surface area contributed by atoms with Gasteiger partial charge in [0.15, 0.2) is 5.82 Å². The van der Waals surface area contributed by atoms with E-state index in [9.17, 15) is 9.36 Å². The van der Waals surface area contributed by atoms with E-state index in [-0.39, 0.29) is 19.3 Å². The van der Waals surface area contributed by atoms with Gasteiger partial charge in [0.2, 0.25) is 0 Å². The molecule has 0 radical (unpaired) electrons. The zero-order chi connectivity index (χ0) is 29.7. The number of esters is 1. The van der Waals surface area contributed by atoms with Crippen LogP contribution in [0.5, 0.6) is 5.75 Å². The van der Waals surface area contributed by atoms with Gasteiger partial charge in [0.25, 0.3) is 0 Å². The molecule has 0 saturated carbocycles. The van der Waals surface area contributed by atoms with Crippen LogP contribution < -0.4 is 15.3 Å². The summed E-state index contributed by atoms with van der Waals surface area (Å²) in [6.07, 6.45) is -1.00. The van der Waals surface area contributed by atoms with Gasteiger partial charge < -0.3 is 24.3 Å². The number of nitrogen functional groups attached to an aromatic ring is 1. The Labute approximate surface area is 239 Å². The molecule has 2 heterocycles. The molecule has 0 aliphatic carbocycles. The number of hydrogen-bond acceptors (Lipinski definition) is 9. The third kappa shape index (κ3) is 7.23. The lowest BCUT2D eigenvalue weighted by molar-refractivity contribution is -0.149. The molecule has 3 N–H and O–H groups in total. The number of anilines is 1. The van der Waals surface area contributed by atoms with Crippen molar-refractivity contribution in [3.05, 3.63) is 59.9 Å². The maximum Gasteiger partial charge on any atom is 0.459 e. The highest BCUT2D eigenvalue weighted by atomic mass is 31.2. The summed E-state index contributed by atoms with van der Waals surface area (Å²) >= 11 is 0. The van der Waals surface area contributed by atoms with E-state index in [2.05, 4.69) is 10.1 Å². The van der Waals surface area contributed by atoms with Crippen LogP contribution in [0.1, 0.15) is 46.0 Å². The van der Waals surface area contributed by atoms with Gasteiger partial charge in [-0.2, -0.15) is 5.09 Å². The molecule has 0 saturated heterocycles. The molecule has 0 fully saturated rings. The minimum atomic E-state index is -4.10. The number of nitrogens with one attached hydrogen (secondary N) is 1. The van der Waals surface area contributed by atoms with Crippen LogP contribution in [-0.4, -0.2) is 45.4 Å². The van der Waals surface area contributed by atoms with Crippen molar-refractivity contribution in [1.29, 1.82) is 0 Å². The van der Waals surface area contributed by atoms with Crippen molar-refractivity contribution in [1.82, 2.24) is 19.6 Å². The Kier molecular flexibility index (Phi) is 9.65. The fourth-order valence-corrected chi connectivity index (χ4v) is 6.16. The Balaban J connectivity index is 1.70. The molecule has 4 aromatic rings. The average molecular weight is 584 g/mol. The van der Waals surface area contributed by atoms with Gasteiger partial charge in [-0.15, -0.1) is 0 Å². The first-order chi connectivity index (χ1) is 19.5. The number of ether oxygens (including phenoxy) is 2. The summed E-state index contributed by atoms with van der Waals surface area (Å²) in [4.78, 5) is 21.8. The fourth-order valence-electron chi connectivity index (χ4n) is 4.42. The second-order valence-electron chi connectivity index (χ2n) is 10.1. The molecule has 3 atom stereocenters. The first-order valence-electron chi connectivity index (χ1n) is 13.6. The molecule has 0 spiro atoms. The molecule has 2 aromatic carbocycles. The lowest BCUT2D eigenvalue weighted by Crippen LogP contribution is -2.37. The predicted molar refractivity (Wildman–Crippen MR) is 159 cm³/mol. The SMILES string of the molecule is CCOCc1nc2c(N)nc3ccccc3c2n1C[C@@H](C)OP(=O)(N[C@@H](C)C(=O)OC(C)C)Oc1ccccc1C. The number of carbonyl (C=O) groups excluding carboxylic acids is 1. The minimum absolute atomic E-state index is 0.235. The van der Waals surface area contributed by atoms with Crippen LogP contribution in [0.25, 0.3) is 21.9 Å². The van der Waals surface area contributed by atoms with E-state index in [1.165, 1.54) is 0 Å². The smallest absolute Gasteiger partial charge is 0.459 e. The number of carbonyl (C=O) groups is 1. The van der Waals surface area contributed by atoms with Gasteiger partial charge in [-0.05, 0) is 59.2 Å². The molecule has 0 bridgehead atoms. The van der Waals surface area contributed by atoms with E-state index in [1.54, 1.807) is 39.8 Å². The van der Waals surface area contributed by atoms with E-state index in [0.717, 1.165) is 22.0 Å². The average Bonchev–Trinajstić information content (AvgIpc) is 3.27. The highest BCUT2D eigenvalue weighted by Crippen LogP contribution is 2.47. The van der Waals surface area contributed by atoms with Crippen LogP contribution in [-0.2, 0) is 36.5 Å². The number of para-hydroxylation sites is 2. The topological polar surface area (TPSA) is 140 Å². The number of aryl methyl sites for hydroxylation is 1. The number of imidazole rings is 1. The fraction of sp³-hybridized carbons (Fsp3) is 0.414. The normalized spacial score (nSPS) is 14.7. The Morgan fingerprint density at radius 1 is 1.07 bits per heavy atom. The maximum absolute atomic E-state index is 14.2. The van der Waals surface area contributed by atoms with Crippen molar-refractivity contribution in [2.45, 2.75) is 72.9 Å². The van der Waals surface area contributed by atoms with E-state index >= 15 is 0 Å². The summed E-state index contributed by atoms with van der Waals surface area (Å²) in [5, 5.41) is 3.63. The number of aromatic nitrogens is 3. The standard InChI is InChI=1S/C29H38N5O6P/c1-7-37-17-25-32-26-27(22-13-9-10-14-23(22)31-28(26)30)34(25)16-20(5)39-41(36,33-21(6)29(35)38-18(2)3)40-24-15-11-8-12-19(24)4/h8-15,18,20-21H,7,16-17H2,1-6H3,(H2,30,31)(H,33,36)/t20-,21+,41?/m1/s1. The summed E-state index contributed by atoms with van der Waals surface area (Å²) in [5.41, 5.74) is 9.11. The quantitative estimate of drug-likeness (QED) is 0.152. The van der Waals surface area contributed by atoms with Crippen LogP contribution in [0.15, 0.2) is 48.5 Å². The van der Waals surface area contributed by atoms with Gasteiger partial charge in [0.1, 0.15) is 29.7 Å². The van der Waals surface area contributed by atoms with E-state index in [4.69, 9.17) is 29.2 Å². The lowest BCUT2D eigenvalue weighted by Gasteiger charge is -2.27. The molecule has 1 unspecified atom stereocenters. The number of nitrogens with two attached hydrogens (primary N) is 1. The molecule has 2 aromatic heterocycles. The maximum atomic E-state index is 14.2. The molecule has 41 heavy (non-hydrogen) atoms. The zero-order valence-electron chi connectivity index (χ0n) is 24.3. The number of fused-ring (bicyclic) bond motifs is 3. The molecule has 4 rings (SSSR count). The molecule has 11 nitrogen and oxygen atoms in total. The molecule has 0 aliphatic rings. The number of rotatable bonds is 13. The van der Waals surface area contributed by atoms with Crippen molar-refractivity contribution in [2.24, 2.45) is 0 Å². The lowest BCUT2D eigenvalue weighted by atomic mass is 10.2. The van der Waals surface area contributed by atoms with Crippen LogP contribution in [0.4, 0.5) is 5.82 Å². The third-order valence-electron chi connectivity index (χ3n) is 6.25. The molecule has 0 aliphatic heterocycles. The van der Waals surface area contributed by atoms with Gasteiger partial charge in [0, 0.05) is 12.0 Å². The highest BCUT2D eigenvalue weighted by molar-refractivity contribution is 7.52. The molecular weight excluding hydrogens is 545 g/mol. The first-order valence-corrected chi connectivity index (χ1v) is 15.2. The first kappa shape index (κ1) is 30.5. The summed E-state index contributed by atoms with van der Waals surface area (Å²) in [5.74, 6) is 0.726. The monoisotopic (exact) mass is 583 g/mol. The van der Waals surface area contributed by atoms with Crippen LogP contribution in [0, 0.1) is 6.92 Å². The third-order valence-corrected chi connectivity index (χ3v) is 8.03. The number of benzene rings is 2. The predicted octanol–water partition coefficient (Wildman–Crippen LogP) is 5.53. The van der Waals surface area contributed by atoms with Gasteiger partial charge in [0.05, 0.1) is 29.8 Å². The van der Waals surface area contributed by atoms with Crippen LogP contribution in [0.2, 0.25) is 0 Å². The highest BCUT2D eigenvalue weighted by Gasteiger charge is 2.35. The van der Waals surface area contributed by atoms with Gasteiger partial charge in [-0.1, -0.05) is 36.4 Å². The molecule has 220 valence electrons. The molecule has 0 amide bonds. The summed E-state index contributed by atoms with van der Waals surface area (Å²) in [6.45, 7) is 11.5. The van der Waals surface area contributed by atoms with Gasteiger partial charge >= 0.3 is 13.7 Å². The Bertz CT molecular complexity index is 1570. The van der Waals surface area contributed by atoms with Crippen molar-refractivity contribution in [2.75, 3.05) is 12.3 Å². The van der Waals surface area contributed by atoms with E-state index in [0.29, 0.717) is 29.5 Å². The van der Waals surface area contributed by atoms with Crippen molar-refractivity contribution >= 4 is 41.5 Å². The van der Waals surface area contributed by atoms with E-state index in [1.807, 2.05) is 54.8 Å².